The molecule has 1 amide bonds. The van der Waals surface area contributed by atoms with Crippen LogP contribution in [0, 0.1) is 0 Å². The fourth-order valence-electron chi connectivity index (χ4n) is 3.65. The summed E-state index contributed by atoms with van der Waals surface area (Å²) in [5.41, 5.74) is 2.32. The van der Waals surface area contributed by atoms with Crippen molar-refractivity contribution >= 4 is 57.6 Å². The molecule has 0 saturated heterocycles. The van der Waals surface area contributed by atoms with Gasteiger partial charge < -0.3 is 4.74 Å². The van der Waals surface area contributed by atoms with Crippen molar-refractivity contribution in [1.29, 1.82) is 0 Å². The number of halogens is 2. The number of fused-ring (bicyclic) bond motifs is 1. The average Bonchev–Trinajstić information content (AvgIpc) is 2.99. The first kappa shape index (κ1) is 20.2. The molecule has 0 aromatic heterocycles. The highest BCUT2D eigenvalue weighted by molar-refractivity contribution is 6.42. The van der Waals surface area contributed by atoms with Crippen molar-refractivity contribution in [2.45, 2.75) is 6.92 Å². The lowest BCUT2D eigenvalue weighted by molar-refractivity contribution is -0.136. The minimum absolute atomic E-state index is 0.224. The molecule has 4 rings (SSSR count). The van der Waals surface area contributed by atoms with Crippen molar-refractivity contribution in [3.05, 3.63) is 93.1 Å². The number of amides is 1. The SMILES string of the molecule is COC(=O)C1=C(C)N(c2ccc(Cl)c(Cl)c2)C(=O)/C1=C\c1cccc2ccccc12. The molecule has 6 heteroatoms. The topological polar surface area (TPSA) is 46.6 Å². The molecule has 150 valence electrons. The number of ether oxygens (including phenoxy) is 1. The molecular formula is C24H17Cl2NO3. The highest BCUT2D eigenvalue weighted by atomic mass is 35.5. The van der Waals surface area contributed by atoms with Crippen LogP contribution in [-0.4, -0.2) is 19.0 Å². The molecule has 0 fully saturated rings. The standard InChI is InChI=1S/C24H17Cl2NO3/c1-14-22(24(29)30-2)19(12-16-8-5-7-15-6-3-4-9-18(15)16)23(28)27(14)17-10-11-20(25)21(26)13-17/h3-13H,1-2H3/b19-12-. The van der Waals surface area contributed by atoms with Gasteiger partial charge in [0.05, 0.1) is 34.0 Å². The fraction of sp³-hybridized carbons (Fsp3) is 0.0833. The van der Waals surface area contributed by atoms with Crippen LogP contribution < -0.4 is 4.90 Å². The average molecular weight is 438 g/mol. The molecule has 0 unspecified atom stereocenters. The van der Waals surface area contributed by atoms with E-state index in [1.807, 2.05) is 42.5 Å². The van der Waals surface area contributed by atoms with Crippen molar-refractivity contribution in [2.75, 3.05) is 12.0 Å². The van der Waals surface area contributed by atoms with Crippen molar-refractivity contribution in [3.8, 4) is 0 Å². The Hall–Kier alpha value is -3.08. The number of carbonyl (C=O) groups is 2. The third kappa shape index (κ3) is 3.38. The van der Waals surface area contributed by atoms with E-state index in [1.54, 1.807) is 31.2 Å². The summed E-state index contributed by atoms with van der Waals surface area (Å²) in [6, 6.07) is 18.6. The first-order valence-electron chi connectivity index (χ1n) is 9.21. The lowest BCUT2D eigenvalue weighted by atomic mass is 9.99. The van der Waals surface area contributed by atoms with E-state index >= 15 is 0 Å². The van der Waals surface area contributed by atoms with Crippen molar-refractivity contribution in [1.82, 2.24) is 0 Å². The molecule has 0 atom stereocenters. The molecule has 0 N–H and O–H groups in total. The van der Waals surface area contributed by atoms with Gasteiger partial charge in [-0.15, -0.1) is 0 Å². The second kappa shape index (κ2) is 7.98. The van der Waals surface area contributed by atoms with Crippen LogP contribution in [0.5, 0.6) is 0 Å². The van der Waals surface area contributed by atoms with Crippen LogP contribution in [0.15, 0.2) is 77.5 Å². The Morgan fingerprint density at radius 3 is 2.47 bits per heavy atom. The van der Waals surface area contributed by atoms with Gasteiger partial charge in [-0.2, -0.15) is 0 Å². The van der Waals surface area contributed by atoms with Crippen LogP contribution in [0.4, 0.5) is 5.69 Å². The third-order valence-electron chi connectivity index (χ3n) is 5.07. The van der Waals surface area contributed by atoms with Gasteiger partial charge in [-0.3, -0.25) is 9.69 Å². The molecule has 0 radical (unpaired) electrons. The number of hydrogen-bond donors (Lipinski definition) is 0. The van der Waals surface area contributed by atoms with Crippen LogP contribution in [0.1, 0.15) is 12.5 Å². The number of carbonyl (C=O) groups excluding carboxylic acids is 2. The lowest BCUT2D eigenvalue weighted by Gasteiger charge is -2.18. The molecule has 1 aliphatic rings. The maximum Gasteiger partial charge on any atom is 0.340 e. The Morgan fingerprint density at radius 1 is 1.00 bits per heavy atom. The minimum atomic E-state index is -0.574. The maximum absolute atomic E-state index is 13.4. The first-order chi connectivity index (χ1) is 14.4. The number of methoxy groups -OCH3 is 1. The van der Waals surface area contributed by atoms with Gasteiger partial charge in [0.1, 0.15) is 0 Å². The van der Waals surface area contributed by atoms with E-state index in [4.69, 9.17) is 27.9 Å². The molecule has 4 nitrogen and oxygen atoms in total. The van der Waals surface area contributed by atoms with E-state index < -0.39 is 5.97 Å². The highest BCUT2D eigenvalue weighted by Crippen LogP contribution is 2.38. The number of nitrogens with zero attached hydrogens (tertiary/aromatic N) is 1. The van der Waals surface area contributed by atoms with Crippen LogP contribution in [-0.2, 0) is 14.3 Å². The van der Waals surface area contributed by atoms with Gasteiger partial charge in [-0.05, 0) is 47.5 Å². The normalized spacial score (nSPS) is 15.4. The number of esters is 1. The highest BCUT2D eigenvalue weighted by Gasteiger charge is 2.38. The third-order valence-corrected chi connectivity index (χ3v) is 5.81. The largest absolute Gasteiger partial charge is 0.465 e. The van der Waals surface area contributed by atoms with Crippen molar-refractivity contribution in [2.24, 2.45) is 0 Å². The zero-order chi connectivity index (χ0) is 21.4. The van der Waals surface area contributed by atoms with Gasteiger partial charge in [0.2, 0.25) is 0 Å². The van der Waals surface area contributed by atoms with E-state index in [-0.39, 0.29) is 17.1 Å². The van der Waals surface area contributed by atoms with E-state index in [2.05, 4.69) is 0 Å². The van der Waals surface area contributed by atoms with Gasteiger partial charge in [0.25, 0.3) is 5.91 Å². The van der Waals surface area contributed by atoms with Crippen molar-refractivity contribution < 1.29 is 14.3 Å². The Morgan fingerprint density at radius 2 is 1.73 bits per heavy atom. The predicted molar refractivity (Wildman–Crippen MR) is 121 cm³/mol. The zero-order valence-corrected chi connectivity index (χ0v) is 17.8. The van der Waals surface area contributed by atoms with Crippen LogP contribution in [0.2, 0.25) is 10.0 Å². The number of benzene rings is 3. The quantitative estimate of drug-likeness (QED) is 0.371. The van der Waals surface area contributed by atoms with E-state index in [0.717, 1.165) is 16.3 Å². The number of rotatable bonds is 3. The molecule has 0 spiro atoms. The summed E-state index contributed by atoms with van der Waals surface area (Å²) in [7, 11) is 1.30. The summed E-state index contributed by atoms with van der Waals surface area (Å²) in [6.45, 7) is 1.70. The smallest absolute Gasteiger partial charge is 0.340 e. The molecule has 3 aromatic carbocycles. The van der Waals surface area contributed by atoms with Gasteiger partial charge >= 0.3 is 5.97 Å². The number of anilines is 1. The van der Waals surface area contributed by atoms with Crippen LogP contribution in [0.25, 0.3) is 16.8 Å². The fourth-order valence-corrected chi connectivity index (χ4v) is 3.94. The van der Waals surface area contributed by atoms with E-state index in [1.165, 1.54) is 12.0 Å². The Kier molecular flexibility index (Phi) is 5.37. The minimum Gasteiger partial charge on any atom is -0.465 e. The summed E-state index contributed by atoms with van der Waals surface area (Å²) in [5, 5.41) is 2.73. The van der Waals surface area contributed by atoms with Crippen LogP contribution in [0.3, 0.4) is 0 Å². The molecule has 0 aliphatic carbocycles. The summed E-state index contributed by atoms with van der Waals surface area (Å²) in [6.07, 6.45) is 1.73. The molecule has 0 saturated carbocycles. The molecule has 1 heterocycles. The Balaban J connectivity index is 1.90. The maximum atomic E-state index is 13.4. The van der Waals surface area contributed by atoms with Crippen molar-refractivity contribution in [3.63, 3.8) is 0 Å². The van der Waals surface area contributed by atoms with E-state index in [0.29, 0.717) is 21.4 Å². The second-order valence-electron chi connectivity index (χ2n) is 6.82. The summed E-state index contributed by atoms with van der Waals surface area (Å²) >= 11 is 12.2. The number of allylic oxidation sites excluding steroid dienone is 1. The van der Waals surface area contributed by atoms with Gasteiger partial charge in [0.15, 0.2) is 0 Å². The summed E-state index contributed by atoms with van der Waals surface area (Å²) in [5.74, 6) is -0.908. The Labute approximate surface area is 184 Å². The molecule has 1 aliphatic heterocycles. The summed E-state index contributed by atoms with van der Waals surface area (Å²) < 4.78 is 4.97. The van der Waals surface area contributed by atoms with Gasteiger partial charge in [0, 0.05) is 5.70 Å². The zero-order valence-electron chi connectivity index (χ0n) is 16.3. The predicted octanol–water partition coefficient (Wildman–Crippen LogP) is 6.02. The van der Waals surface area contributed by atoms with Gasteiger partial charge in [-0.25, -0.2) is 4.79 Å². The molecular weight excluding hydrogens is 421 g/mol. The van der Waals surface area contributed by atoms with Crippen LogP contribution >= 0.6 is 23.2 Å². The van der Waals surface area contributed by atoms with E-state index in [9.17, 15) is 9.59 Å². The molecule has 30 heavy (non-hydrogen) atoms. The van der Waals surface area contributed by atoms with Gasteiger partial charge in [-0.1, -0.05) is 65.7 Å². The lowest BCUT2D eigenvalue weighted by Crippen LogP contribution is -2.24. The molecule has 0 bridgehead atoms. The monoisotopic (exact) mass is 437 g/mol. The molecule has 3 aromatic rings. The number of hydrogen-bond acceptors (Lipinski definition) is 3. The Bertz CT molecular complexity index is 1260. The first-order valence-corrected chi connectivity index (χ1v) is 9.96. The second-order valence-corrected chi connectivity index (χ2v) is 7.63. The summed E-state index contributed by atoms with van der Waals surface area (Å²) in [4.78, 5) is 27.5.